The van der Waals surface area contributed by atoms with Gasteiger partial charge in [-0.15, -0.1) is 0 Å². The molecule has 0 saturated heterocycles. The van der Waals surface area contributed by atoms with Gasteiger partial charge in [-0.1, -0.05) is 0 Å². The smallest absolute Gasteiger partial charge is 0.131 e. The van der Waals surface area contributed by atoms with Crippen molar-refractivity contribution >= 4 is 31.9 Å². The number of aromatic nitrogens is 3. The molecule has 5 heteroatoms. The molecule has 0 saturated carbocycles. The number of hydrogen-bond donors (Lipinski definition) is 0. The maximum absolute atomic E-state index is 7.74. The van der Waals surface area contributed by atoms with Crippen molar-refractivity contribution in [2.75, 3.05) is 0 Å². The summed E-state index contributed by atoms with van der Waals surface area (Å²) in [5.41, 5.74) is 0.640. The summed E-state index contributed by atoms with van der Waals surface area (Å²) in [6, 6.07) is 3.52. The molecule has 0 radical (unpaired) electrons. The summed E-state index contributed by atoms with van der Waals surface area (Å²) >= 11 is 6.40. The van der Waals surface area contributed by atoms with Crippen LogP contribution >= 0.6 is 31.9 Å². The van der Waals surface area contributed by atoms with Gasteiger partial charge in [-0.25, -0.2) is 9.67 Å². The average molecular weight is 305 g/mol. The van der Waals surface area contributed by atoms with Crippen LogP contribution in [0.4, 0.5) is 0 Å². The first kappa shape index (κ1) is 6.73. The van der Waals surface area contributed by atoms with Crippen molar-refractivity contribution in [1.29, 1.82) is 0 Å². The largest absolute Gasteiger partial charge is 0.247 e. The Morgan fingerprint density at radius 3 is 2.92 bits per heavy atom. The lowest BCUT2D eigenvalue weighted by molar-refractivity contribution is 0.867. The van der Waals surface area contributed by atoms with E-state index in [2.05, 4.69) is 41.9 Å². The summed E-state index contributed by atoms with van der Waals surface area (Å²) in [5, 5.41) is 3.92. The summed E-state index contributed by atoms with van der Waals surface area (Å²) in [6.45, 7) is 0. The van der Waals surface area contributed by atoms with Gasteiger partial charge in [-0.2, -0.15) is 5.10 Å². The van der Waals surface area contributed by atoms with Gasteiger partial charge in [0.1, 0.15) is 4.60 Å². The third-order valence-corrected chi connectivity index (χ3v) is 2.39. The zero-order chi connectivity index (χ0) is 11.0. The Bertz CT molecular complexity index is 513. The molecule has 0 aliphatic heterocycles. The van der Waals surface area contributed by atoms with Crippen LogP contribution in [0.25, 0.3) is 5.69 Å². The monoisotopic (exact) mass is 303 g/mol. The summed E-state index contributed by atoms with van der Waals surface area (Å²) in [4.78, 5) is 4.03. The Morgan fingerprint density at radius 1 is 1.46 bits per heavy atom. The first-order valence-electron chi connectivity index (χ1n) is 4.44. The van der Waals surface area contributed by atoms with Crippen molar-refractivity contribution in [2.45, 2.75) is 0 Å². The SMILES string of the molecule is [2H]c1nn(-c2cccnc2Br)c([2H])c1Br. The van der Waals surface area contributed by atoms with Crippen LogP contribution in [-0.4, -0.2) is 14.8 Å². The van der Waals surface area contributed by atoms with Gasteiger partial charge in [-0.05, 0) is 44.0 Å². The van der Waals surface area contributed by atoms with Gasteiger partial charge in [0.2, 0.25) is 0 Å². The molecule has 0 aliphatic rings. The van der Waals surface area contributed by atoms with E-state index in [0.29, 0.717) is 14.8 Å². The number of halogens is 2. The van der Waals surface area contributed by atoms with E-state index in [1.54, 1.807) is 18.3 Å². The molecule has 3 nitrogen and oxygen atoms in total. The molecule has 0 atom stereocenters. The van der Waals surface area contributed by atoms with Gasteiger partial charge in [0, 0.05) is 12.4 Å². The summed E-state index contributed by atoms with van der Waals surface area (Å²) in [7, 11) is 0. The van der Waals surface area contributed by atoms with Crippen molar-refractivity contribution in [3.63, 3.8) is 0 Å². The minimum Gasteiger partial charge on any atom is -0.247 e. The van der Waals surface area contributed by atoms with E-state index in [4.69, 9.17) is 2.74 Å². The molecule has 0 unspecified atom stereocenters. The number of rotatable bonds is 1. The molecule has 13 heavy (non-hydrogen) atoms. The second-order valence-corrected chi connectivity index (χ2v) is 3.81. The fraction of sp³-hybridized carbons (Fsp3) is 0. The lowest BCUT2D eigenvalue weighted by atomic mass is 10.4. The van der Waals surface area contributed by atoms with E-state index in [1.807, 2.05) is 0 Å². The second kappa shape index (κ2) is 3.59. The number of hydrogen-bond acceptors (Lipinski definition) is 2. The first-order chi connectivity index (χ1) is 7.11. The number of nitrogens with zero attached hydrogens (tertiary/aromatic N) is 3. The molecule has 2 aromatic heterocycles. The summed E-state index contributed by atoms with van der Waals surface area (Å²) in [5.74, 6) is 0. The van der Waals surface area contributed by atoms with E-state index in [0.717, 1.165) is 0 Å². The molecular formula is C8H5Br2N3. The van der Waals surface area contributed by atoms with Gasteiger partial charge in [-0.3, -0.25) is 0 Å². The summed E-state index contributed by atoms with van der Waals surface area (Å²) in [6.07, 6.45) is 1.81. The van der Waals surface area contributed by atoms with Crippen LogP contribution in [-0.2, 0) is 0 Å². The van der Waals surface area contributed by atoms with Crippen LogP contribution in [0.15, 0.2) is 39.8 Å². The predicted octanol–water partition coefficient (Wildman–Crippen LogP) is 2.79. The van der Waals surface area contributed by atoms with Gasteiger partial charge in [0.25, 0.3) is 0 Å². The maximum Gasteiger partial charge on any atom is 0.131 e. The minimum absolute atomic E-state index is 0.0377. The van der Waals surface area contributed by atoms with E-state index >= 15 is 0 Å². The second-order valence-electron chi connectivity index (χ2n) is 2.26. The van der Waals surface area contributed by atoms with Gasteiger partial charge >= 0.3 is 0 Å². The van der Waals surface area contributed by atoms with Gasteiger partial charge in [0.15, 0.2) is 0 Å². The van der Waals surface area contributed by atoms with E-state index in [-0.39, 0.29) is 12.3 Å². The van der Waals surface area contributed by atoms with Crippen LogP contribution in [0, 0.1) is 0 Å². The fourth-order valence-electron chi connectivity index (χ4n) is 0.887. The standard InChI is InChI=1S/C8H5Br2N3/c9-6-4-12-13(5-6)7-2-1-3-11-8(7)10/h1-5H/i4D,5D. The Hall–Kier alpha value is -0.680. The molecular weight excluding hydrogens is 298 g/mol. The molecule has 0 aliphatic carbocycles. The topological polar surface area (TPSA) is 30.7 Å². The van der Waals surface area contributed by atoms with Crippen molar-refractivity contribution < 1.29 is 2.74 Å². The Balaban J connectivity index is 2.65. The highest BCUT2D eigenvalue weighted by Crippen LogP contribution is 2.18. The zero-order valence-corrected chi connectivity index (χ0v) is 9.50. The van der Waals surface area contributed by atoms with Gasteiger partial charge in [0.05, 0.1) is 19.1 Å². The molecule has 66 valence electrons. The Labute approximate surface area is 94.9 Å². The van der Waals surface area contributed by atoms with E-state index in [1.165, 1.54) is 4.68 Å². The van der Waals surface area contributed by atoms with Crippen LogP contribution in [0.2, 0.25) is 0 Å². The Kier molecular flexibility index (Phi) is 1.86. The van der Waals surface area contributed by atoms with Crippen LogP contribution in [0.5, 0.6) is 0 Å². The van der Waals surface area contributed by atoms with E-state index in [9.17, 15) is 0 Å². The van der Waals surface area contributed by atoms with Gasteiger partial charge < -0.3 is 0 Å². The molecule has 2 aromatic rings. The average Bonchev–Trinajstić information content (AvgIpc) is 2.47. The fourth-order valence-corrected chi connectivity index (χ4v) is 1.55. The number of pyridine rings is 1. The molecule has 0 bridgehead atoms. The zero-order valence-electron chi connectivity index (χ0n) is 8.33. The molecule has 0 amide bonds. The third-order valence-electron chi connectivity index (χ3n) is 1.42. The molecule has 2 rings (SSSR count). The lowest BCUT2D eigenvalue weighted by Crippen LogP contribution is -1.95. The highest BCUT2D eigenvalue weighted by Gasteiger charge is 2.02. The van der Waals surface area contributed by atoms with Crippen LogP contribution < -0.4 is 0 Å². The van der Waals surface area contributed by atoms with Crippen LogP contribution in [0.1, 0.15) is 2.74 Å². The predicted molar refractivity (Wildman–Crippen MR) is 56.8 cm³/mol. The molecule has 0 aromatic carbocycles. The minimum atomic E-state index is 0.0377. The van der Waals surface area contributed by atoms with Crippen molar-refractivity contribution in [1.82, 2.24) is 14.8 Å². The molecule has 0 N–H and O–H groups in total. The first-order valence-corrected chi connectivity index (χ1v) is 5.02. The highest BCUT2D eigenvalue weighted by molar-refractivity contribution is 9.10. The lowest BCUT2D eigenvalue weighted by Gasteiger charge is -2.01. The third kappa shape index (κ3) is 1.81. The van der Waals surface area contributed by atoms with E-state index < -0.39 is 0 Å². The Morgan fingerprint density at radius 2 is 2.31 bits per heavy atom. The summed E-state index contributed by atoms with van der Waals surface area (Å²) < 4.78 is 17.5. The maximum atomic E-state index is 7.74. The quantitative estimate of drug-likeness (QED) is 0.759. The van der Waals surface area contributed by atoms with Crippen molar-refractivity contribution in [2.24, 2.45) is 0 Å². The van der Waals surface area contributed by atoms with Crippen molar-refractivity contribution in [3.05, 3.63) is 39.8 Å². The molecule has 0 fully saturated rings. The molecule has 2 heterocycles. The van der Waals surface area contributed by atoms with Crippen LogP contribution in [0.3, 0.4) is 0 Å². The highest BCUT2D eigenvalue weighted by atomic mass is 79.9. The van der Waals surface area contributed by atoms with Crippen molar-refractivity contribution in [3.8, 4) is 5.69 Å². The molecule has 0 spiro atoms. The normalized spacial score (nSPS) is 12.5.